The van der Waals surface area contributed by atoms with Crippen LogP contribution in [-0.2, 0) is 19.1 Å². The maximum Gasteiger partial charge on any atom is 0.320 e. The number of ether oxygens (including phenoxy) is 1. The van der Waals surface area contributed by atoms with Crippen molar-refractivity contribution < 1.29 is 19.1 Å². The van der Waals surface area contributed by atoms with Gasteiger partial charge in [-0.05, 0) is 97.9 Å². The maximum absolute atomic E-state index is 14.5. The number of fused-ring (bicyclic) bond motifs is 7. The van der Waals surface area contributed by atoms with Crippen molar-refractivity contribution in [3.05, 3.63) is 23.3 Å². The molecular formula is C35H49NO4. The number of hydrogen-bond donors (Lipinski definition) is 0. The van der Waals surface area contributed by atoms with Crippen molar-refractivity contribution in [1.82, 2.24) is 0 Å². The van der Waals surface area contributed by atoms with Gasteiger partial charge in [0.25, 0.3) is 0 Å². The van der Waals surface area contributed by atoms with E-state index in [1.807, 2.05) is 19.9 Å². The van der Waals surface area contributed by atoms with Crippen molar-refractivity contribution in [2.24, 2.45) is 56.7 Å². The van der Waals surface area contributed by atoms with Gasteiger partial charge in [0.1, 0.15) is 11.5 Å². The third kappa shape index (κ3) is 3.59. The number of esters is 1. The third-order valence-electron chi connectivity index (χ3n) is 13.5. The Bertz CT molecular complexity index is 1240. The topological polar surface area (TPSA) is 84.2 Å². The van der Waals surface area contributed by atoms with E-state index in [0.29, 0.717) is 24.2 Å². The van der Waals surface area contributed by atoms with Gasteiger partial charge in [-0.25, -0.2) is 0 Å². The number of Topliss-reactive ketones (excluding diaryl/α,β-unsaturated/α-hetero) is 1. The molecule has 40 heavy (non-hydrogen) atoms. The van der Waals surface area contributed by atoms with Crippen LogP contribution in [0.5, 0.6) is 0 Å². The Balaban J connectivity index is 1.65. The molecule has 0 unspecified atom stereocenters. The number of carbonyl (C=O) groups is 3. The second-order valence-electron chi connectivity index (χ2n) is 15.3. The lowest BCUT2D eigenvalue weighted by atomic mass is 9.33. The van der Waals surface area contributed by atoms with Crippen LogP contribution in [0.3, 0.4) is 0 Å². The summed E-state index contributed by atoms with van der Waals surface area (Å²) < 4.78 is 5.67. The number of nitrogens with zero attached hydrogens (tertiary/aromatic N) is 1. The molecule has 0 amide bonds. The Kier molecular flexibility index (Phi) is 6.88. The lowest BCUT2D eigenvalue weighted by molar-refractivity contribution is -0.185. The summed E-state index contributed by atoms with van der Waals surface area (Å²) in [5, 5.41) is 10.1. The van der Waals surface area contributed by atoms with Crippen LogP contribution in [0.1, 0.15) is 107 Å². The van der Waals surface area contributed by atoms with Crippen LogP contribution >= 0.6 is 0 Å². The van der Waals surface area contributed by atoms with Crippen molar-refractivity contribution in [1.29, 1.82) is 5.26 Å². The van der Waals surface area contributed by atoms with E-state index < -0.39 is 34.4 Å². The van der Waals surface area contributed by atoms with Crippen LogP contribution in [0.2, 0.25) is 0 Å². The van der Waals surface area contributed by atoms with Crippen LogP contribution < -0.4 is 0 Å². The van der Waals surface area contributed by atoms with E-state index in [0.717, 1.165) is 32.1 Å². The van der Waals surface area contributed by atoms with Crippen molar-refractivity contribution in [3.8, 4) is 6.07 Å². The largest absolute Gasteiger partial charge is 0.465 e. The highest BCUT2D eigenvalue weighted by Gasteiger charge is 2.72. The molecule has 0 aromatic carbocycles. The molecule has 5 heteroatoms. The second-order valence-corrected chi connectivity index (χ2v) is 15.3. The fourth-order valence-electron chi connectivity index (χ4n) is 10.7. The summed E-state index contributed by atoms with van der Waals surface area (Å²) in [5.41, 5.74) is -1.22. The average molecular weight is 548 g/mol. The standard InChI is InChI=1S/C35H49NO4/c1-9-10-17-40-30(39)35(8)26-12-14-34(7)28(32(26,5)19-23(20-36)29(35)38)25(37)18-24-27-22(3)21(2)11-13-31(27,4)15-16-33(24,34)6/h18-19,21-22,26-28H,9-17H2,1-8H3/t21-,22+,26-,27+,28-,31-,32+,33-,34-,35-/m1/s1. The van der Waals surface area contributed by atoms with Gasteiger partial charge in [0, 0.05) is 11.3 Å². The first kappa shape index (κ1) is 29.3. The molecule has 218 valence electrons. The van der Waals surface area contributed by atoms with Crippen LogP contribution in [0.15, 0.2) is 23.3 Å². The zero-order valence-corrected chi connectivity index (χ0v) is 26.0. The average Bonchev–Trinajstić information content (AvgIpc) is 2.90. The van der Waals surface area contributed by atoms with Gasteiger partial charge in [-0.2, -0.15) is 5.26 Å². The van der Waals surface area contributed by atoms with Gasteiger partial charge in [0.2, 0.25) is 0 Å². The predicted octanol–water partition coefficient (Wildman–Crippen LogP) is 7.41. The quantitative estimate of drug-likeness (QED) is 0.208. The fourth-order valence-corrected chi connectivity index (χ4v) is 10.7. The van der Waals surface area contributed by atoms with E-state index in [9.17, 15) is 19.6 Å². The van der Waals surface area contributed by atoms with Gasteiger partial charge in [-0.1, -0.05) is 66.5 Å². The number of unbranched alkanes of at least 4 members (excludes halogenated alkanes) is 1. The Labute approximate surface area is 241 Å². The van der Waals surface area contributed by atoms with Gasteiger partial charge in [-0.15, -0.1) is 0 Å². The molecule has 5 aliphatic rings. The maximum atomic E-state index is 14.5. The van der Waals surface area contributed by atoms with E-state index in [1.165, 1.54) is 18.4 Å². The number of hydrogen-bond acceptors (Lipinski definition) is 5. The van der Waals surface area contributed by atoms with Crippen molar-refractivity contribution in [3.63, 3.8) is 0 Å². The molecule has 10 atom stereocenters. The van der Waals surface area contributed by atoms with Gasteiger partial charge in [0.15, 0.2) is 11.6 Å². The molecule has 0 bridgehead atoms. The molecular weight excluding hydrogens is 498 g/mol. The van der Waals surface area contributed by atoms with Crippen molar-refractivity contribution in [2.45, 2.75) is 107 Å². The third-order valence-corrected chi connectivity index (χ3v) is 13.5. The first-order valence-electron chi connectivity index (χ1n) is 15.8. The number of rotatable bonds is 4. The summed E-state index contributed by atoms with van der Waals surface area (Å²) in [7, 11) is 0. The molecule has 0 N–H and O–H groups in total. The van der Waals surface area contributed by atoms with Crippen molar-refractivity contribution in [2.75, 3.05) is 6.61 Å². The first-order chi connectivity index (χ1) is 18.7. The van der Waals surface area contributed by atoms with E-state index in [1.54, 1.807) is 13.0 Å². The molecule has 5 rings (SSSR count). The van der Waals surface area contributed by atoms with Crippen LogP contribution in [0.4, 0.5) is 0 Å². The highest BCUT2D eigenvalue weighted by atomic mass is 16.5. The summed E-state index contributed by atoms with van der Waals surface area (Å²) in [6, 6.07) is 2.11. The number of allylic oxidation sites excluding steroid dienone is 4. The monoisotopic (exact) mass is 547 g/mol. The predicted molar refractivity (Wildman–Crippen MR) is 155 cm³/mol. The van der Waals surface area contributed by atoms with E-state index in [4.69, 9.17) is 4.74 Å². The minimum atomic E-state index is -1.48. The van der Waals surface area contributed by atoms with Gasteiger partial charge >= 0.3 is 5.97 Å². The Morgan fingerprint density at radius 2 is 1.75 bits per heavy atom. The molecule has 0 aromatic rings. The van der Waals surface area contributed by atoms with Gasteiger partial charge < -0.3 is 4.74 Å². The molecule has 0 radical (unpaired) electrons. The molecule has 0 spiro atoms. The number of nitriles is 1. The lowest BCUT2D eigenvalue weighted by Gasteiger charge is -2.69. The minimum absolute atomic E-state index is 0.00313. The lowest BCUT2D eigenvalue weighted by Crippen LogP contribution is -2.67. The second kappa shape index (κ2) is 9.40. The summed E-state index contributed by atoms with van der Waals surface area (Å²) in [6.07, 6.45) is 11.4. The molecule has 0 heterocycles. The minimum Gasteiger partial charge on any atom is -0.465 e. The fraction of sp³-hybridized carbons (Fsp3) is 0.771. The SMILES string of the molecule is CCCCOC(=O)[C@@]1(C)C(=O)C(C#N)=C[C@]2(C)[C@H]3C(=O)C=C4[C@@H]5[C@@H](C)[C@H](C)CC[C@]5(C)CC[C@@]4(C)[C@]3(C)CC[C@@H]12. The zero-order valence-electron chi connectivity index (χ0n) is 26.0. The number of ketones is 2. The molecule has 0 aliphatic heterocycles. The van der Waals surface area contributed by atoms with Crippen LogP contribution in [0, 0.1) is 68.0 Å². The summed E-state index contributed by atoms with van der Waals surface area (Å²) >= 11 is 0. The number of carbonyl (C=O) groups excluding carboxylic acids is 3. The normalized spacial score (nSPS) is 47.9. The molecule has 3 fully saturated rings. The molecule has 3 saturated carbocycles. The Hall–Kier alpha value is -2.22. The first-order valence-corrected chi connectivity index (χ1v) is 15.8. The van der Waals surface area contributed by atoms with Gasteiger partial charge in [0.05, 0.1) is 12.2 Å². The van der Waals surface area contributed by atoms with E-state index in [2.05, 4.69) is 40.7 Å². The van der Waals surface area contributed by atoms with Crippen molar-refractivity contribution >= 4 is 17.5 Å². The molecule has 5 aliphatic carbocycles. The summed E-state index contributed by atoms with van der Waals surface area (Å²) in [4.78, 5) is 41.9. The van der Waals surface area contributed by atoms with E-state index in [-0.39, 0.29) is 34.2 Å². The smallest absolute Gasteiger partial charge is 0.320 e. The van der Waals surface area contributed by atoms with E-state index >= 15 is 0 Å². The van der Waals surface area contributed by atoms with Crippen LogP contribution in [-0.4, -0.2) is 24.1 Å². The molecule has 0 aromatic heterocycles. The highest BCUT2D eigenvalue weighted by Crippen LogP contribution is 2.74. The van der Waals surface area contributed by atoms with Gasteiger partial charge in [-0.3, -0.25) is 14.4 Å². The zero-order chi connectivity index (χ0) is 29.5. The molecule has 5 nitrogen and oxygen atoms in total. The summed E-state index contributed by atoms with van der Waals surface area (Å²) in [5.74, 6) is -0.166. The highest BCUT2D eigenvalue weighted by molar-refractivity contribution is 6.15. The molecule has 0 saturated heterocycles. The Morgan fingerprint density at radius 1 is 1.05 bits per heavy atom. The Morgan fingerprint density at radius 3 is 2.40 bits per heavy atom. The van der Waals surface area contributed by atoms with Crippen LogP contribution in [0.25, 0.3) is 0 Å². The summed E-state index contributed by atoms with van der Waals surface area (Å²) in [6.45, 7) is 17.9.